The monoisotopic (exact) mass is 235 g/mol. The SMILES string of the molecule is C[C@@](N)(CO)c1cc(Cl)cc(Cl)c1O. The van der Waals surface area contributed by atoms with Gasteiger partial charge in [0.15, 0.2) is 0 Å². The predicted octanol–water partition coefficient (Wildman–Crippen LogP) is 1.87. The van der Waals surface area contributed by atoms with Gasteiger partial charge in [-0.2, -0.15) is 0 Å². The van der Waals surface area contributed by atoms with Crippen molar-refractivity contribution in [2.75, 3.05) is 6.61 Å². The first-order valence-corrected chi connectivity index (χ1v) is 4.72. The summed E-state index contributed by atoms with van der Waals surface area (Å²) in [4.78, 5) is 0. The number of rotatable bonds is 2. The molecule has 0 radical (unpaired) electrons. The summed E-state index contributed by atoms with van der Waals surface area (Å²) in [5, 5.41) is 19.1. The van der Waals surface area contributed by atoms with Crippen molar-refractivity contribution in [3.8, 4) is 5.75 Å². The van der Waals surface area contributed by atoms with E-state index >= 15 is 0 Å². The molecular formula is C9H11Cl2NO2. The number of hydrogen-bond donors (Lipinski definition) is 3. The highest BCUT2D eigenvalue weighted by Crippen LogP contribution is 2.36. The average Bonchev–Trinajstić information content (AvgIpc) is 2.11. The molecule has 0 heterocycles. The third kappa shape index (κ3) is 2.12. The number of nitrogens with two attached hydrogens (primary N) is 1. The molecule has 0 bridgehead atoms. The molecule has 14 heavy (non-hydrogen) atoms. The van der Waals surface area contributed by atoms with Gasteiger partial charge in [0.2, 0.25) is 0 Å². The number of aliphatic hydroxyl groups is 1. The molecule has 0 aromatic heterocycles. The van der Waals surface area contributed by atoms with E-state index < -0.39 is 5.54 Å². The molecule has 0 saturated heterocycles. The molecule has 0 aliphatic rings. The molecule has 3 nitrogen and oxygen atoms in total. The van der Waals surface area contributed by atoms with Crippen LogP contribution in [-0.4, -0.2) is 16.8 Å². The summed E-state index contributed by atoms with van der Waals surface area (Å²) in [6.45, 7) is 1.27. The highest BCUT2D eigenvalue weighted by molar-refractivity contribution is 6.35. The molecule has 0 aliphatic carbocycles. The number of halogens is 2. The van der Waals surface area contributed by atoms with Gasteiger partial charge >= 0.3 is 0 Å². The fourth-order valence-corrected chi connectivity index (χ4v) is 1.58. The Hall–Kier alpha value is -0.480. The van der Waals surface area contributed by atoms with Crippen LogP contribution in [0.3, 0.4) is 0 Å². The molecule has 0 fully saturated rings. The van der Waals surface area contributed by atoms with Gasteiger partial charge in [-0.05, 0) is 19.1 Å². The molecule has 0 aliphatic heterocycles. The van der Waals surface area contributed by atoms with Crippen LogP contribution >= 0.6 is 23.2 Å². The molecule has 0 unspecified atom stereocenters. The third-order valence-corrected chi connectivity index (χ3v) is 2.48. The first kappa shape index (κ1) is 11.6. The summed E-state index contributed by atoms with van der Waals surface area (Å²) in [5.74, 6) is -0.143. The summed E-state index contributed by atoms with van der Waals surface area (Å²) in [5.41, 5.74) is 5.02. The number of aromatic hydroxyl groups is 1. The van der Waals surface area contributed by atoms with Crippen LogP contribution in [0.5, 0.6) is 5.75 Å². The second kappa shape index (κ2) is 3.95. The molecule has 5 heteroatoms. The van der Waals surface area contributed by atoms with Gasteiger partial charge in [-0.25, -0.2) is 0 Å². The number of phenols is 1. The van der Waals surface area contributed by atoms with Crippen LogP contribution in [0.4, 0.5) is 0 Å². The van der Waals surface area contributed by atoms with Gasteiger partial charge in [-0.1, -0.05) is 23.2 Å². The molecule has 78 valence electrons. The Balaban J connectivity index is 3.34. The largest absolute Gasteiger partial charge is 0.506 e. The fourth-order valence-electron chi connectivity index (χ4n) is 1.09. The van der Waals surface area contributed by atoms with Gasteiger partial charge < -0.3 is 15.9 Å². The molecule has 1 rings (SSSR count). The van der Waals surface area contributed by atoms with E-state index in [1.165, 1.54) is 12.1 Å². The highest BCUT2D eigenvalue weighted by atomic mass is 35.5. The smallest absolute Gasteiger partial charge is 0.139 e. The molecule has 1 aromatic rings. The first-order chi connectivity index (χ1) is 6.38. The van der Waals surface area contributed by atoms with Crippen molar-refractivity contribution in [1.82, 2.24) is 0 Å². The van der Waals surface area contributed by atoms with Crippen LogP contribution in [0.15, 0.2) is 12.1 Å². The van der Waals surface area contributed by atoms with E-state index in [0.717, 1.165) is 0 Å². The first-order valence-electron chi connectivity index (χ1n) is 3.96. The lowest BCUT2D eigenvalue weighted by molar-refractivity contribution is 0.207. The van der Waals surface area contributed by atoms with Crippen molar-refractivity contribution >= 4 is 23.2 Å². The summed E-state index contributed by atoms with van der Waals surface area (Å²) in [6, 6.07) is 2.90. The standard InChI is InChI=1S/C9H11Cl2NO2/c1-9(12,4-13)6-2-5(10)3-7(11)8(6)14/h2-3,13-14H,4,12H2,1H3/t9-/m1/s1. The zero-order chi connectivity index (χ0) is 10.9. The fraction of sp³-hybridized carbons (Fsp3) is 0.333. The zero-order valence-electron chi connectivity index (χ0n) is 7.59. The Morgan fingerprint density at radius 1 is 1.43 bits per heavy atom. The van der Waals surface area contributed by atoms with Gasteiger partial charge in [0.1, 0.15) is 5.75 Å². The lowest BCUT2D eigenvalue weighted by atomic mass is 9.93. The van der Waals surface area contributed by atoms with Crippen LogP contribution in [-0.2, 0) is 5.54 Å². The predicted molar refractivity (Wildman–Crippen MR) is 56.8 cm³/mol. The van der Waals surface area contributed by atoms with Gasteiger partial charge in [0.05, 0.1) is 17.2 Å². The van der Waals surface area contributed by atoms with Crippen molar-refractivity contribution in [2.24, 2.45) is 5.73 Å². The van der Waals surface area contributed by atoms with Crippen LogP contribution in [0.2, 0.25) is 10.0 Å². The lowest BCUT2D eigenvalue weighted by Crippen LogP contribution is -2.37. The molecule has 0 saturated carbocycles. The maximum absolute atomic E-state index is 9.61. The molecule has 4 N–H and O–H groups in total. The van der Waals surface area contributed by atoms with Crippen molar-refractivity contribution in [3.05, 3.63) is 27.7 Å². The zero-order valence-corrected chi connectivity index (χ0v) is 9.10. The summed E-state index contributed by atoms with van der Waals surface area (Å²) in [6.07, 6.45) is 0. The van der Waals surface area contributed by atoms with Gasteiger partial charge in [-0.15, -0.1) is 0 Å². The Labute approximate surface area is 92.1 Å². The summed E-state index contributed by atoms with van der Waals surface area (Å²) >= 11 is 11.5. The van der Waals surface area contributed by atoms with Crippen LogP contribution in [0.25, 0.3) is 0 Å². The molecule has 1 atom stereocenters. The molecular weight excluding hydrogens is 225 g/mol. The average molecular weight is 236 g/mol. The van der Waals surface area contributed by atoms with Crippen LogP contribution in [0, 0.1) is 0 Å². The van der Waals surface area contributed by atoms with Gasteiger partial charge in [0.25, 0.3) is 0 Å². The minimum atomic E-state index is -1.06. The molecule has 1 aromatic carbocycles. The van der Waals surface area contributed by atoms with E-state index in [9.17, 15) is 5.11 Å². The van der Waals surface area contributed by atoms with E-state index in [4.69, 9.17) is 34.0 Å². The Morgan fingerprint density at radius 2 is 2.00 bits per heavy atom. The van der Waals surface area contributed by atoms with E-state index in [0.29, 0.717) is 10.6 Å². The normalized spacial score (nSPS) is 15.2. The van der Waals surface area contributed by atoms with Crippen LogP contribution in [0.1, 0.15) is 12.5 Å². The number of benzene rings is 1. The van der Waals surface area contributed by atoms with E-state index in [-0.39, 0.29) is 17.4 Å². The number of hydrogen-bond acceptors (Lipinski definition) is 3. The van der Waals surface area contributed by atoms with Crippen molar-refractivity contribution in [2.45, 2.75) is 12.5 Å². The van der Waals surface area contributed by atoms with E-state index in [1.54, 1.807) is 6.92 Å². The minimum absolute atomic E-state index is 0.123. The maximum Gasteiger partial charge on any atom is 0.139 e. The number of aliphatic hydroxyl groups excluding tert-OH is 1. The van der Waals surface area contributed by atoms with Crippen molar-refractivity contribution < 1.29 is 10.2 Å². The van der Waals surface area contributed by atoms with E-state index in [2.05, 4.69) is 0 Å². The van der Waals surface area contributed by atoms with Crippen molar-refractivity contribution in [1.29, 1.82) is 0 Å². The minimum Gasteiger partial charge on any atom is -0.506 e. The van der Waals surface area contributed by atoms with Gasteiger partial charge in [0, 0.05) is 10.6 Å². The summed E-state index contributed by atoms with van der Waals surface area (Å²) < 4.78 is 0. The lowest BCUT2D eigenvalue weighted by Gasteiger charge is -2.23. The maximum atomic E-state index is 9.61. The highest BCUT2D eigenvalue weighted by Gasteiger charge is 2.25. The topological polar surface area (TPSA) is 66.5 Å². The van der Waals surface area contributed by atoms with Gasteiger partial charge in [-0.3, -0.25) is 0 Å². The Kier molecular flexibility index (Phi) is 3.27. The Morgan fingerprint density at radius 3 is 2.50 bits per heavy atom. The Bertz CT molecular complexity index is 353. The number of phenolic OH excluding ortho intramolecular Hbond substituents is 1. The third-order valence-electron chi connectivity index (χ3n) is 1.97. The molecule has 0 spiro atoms. The quantitative estimate of drug-likeness (QED) is 0.734. The molecule has 0 amide bonds. The van der Waals surface area contributed by atoms with Crippen molar-refractivity contribution in [3.63, 3.8) is 0 Å². The van der Waals surface area contributed by atoms with Crippen LogP contribution < -0.4 is 5.73 Å². The second-order valence-electron chi connectivity index (χ2n) is 3.36. The summed E-state index contributed by atoms with van der Waals surface area (Å²) in [7, 11) is 0. The van der Waals surface area contributed by atoms with E-state index in [1.807, 2.05) is 0 Å². The second-order valence-corrected chi connectivity index (χ2v) is 4.20.